The van der Waals surface area contributed by atoms with Crippen LogP contribution in [0.25, 0.3) is 0 Å². The minimum Gasteiger partial charge on any atom is -0.362 e. The molecule has 2 aromatic rings. The van der Waals surface area contributed by atoms with E-state index < -0.39 is 14.9 Å². The van der Waals surface area contributed by atoms with Gasteiger partial charge in [-0.1, -0.05) is 19.9 Å². The number of hydrogen-bond acceptors (Lipinski definition) is 7. The van der Waals surface area contributed by atoms with Crippen LogP contribution in [0.4, 0.5) is 11.4 Å². The van der Waals surface area contributed by atoms with Crippen LogP contribution in [0, 0.1) is 10.1 Å². The smallest absolute Gasteiger partial charge is 0.293 e. The first-order chi connectivity index (χ1) is 14.3. The average molecular weight is 453 g/mol. The lowest BCUT2D eigenvalue weighted by atomic mass is 10.2. The van der Waals surface area contributed by atoms with E-state index in [0.29, 0.717) is 36.7 Å². The van der Waals surface area contributed by atoms with Gasteiger partial charge in [-0.25, -0.2) is 8.42 Å². The van der Waals surface area contributed by atoms with E-state index in [1.165, 1.54) is 27.8 Å². The van der Waals surface area contributed by atoms with E-state index in [4.69, 9.17) is 0 Å². The molecule has 0 bridgehead atoms. The SMILES string of the molecule is CCN(CC)S(=O)(=O)c1ccc(N2CCN(C(=O)c3cccs3)CC2)c([N+](=O)[O-])c1. The lowest BCUT2D eigenvalue weighted by molar-refractivity contribution is -0.384. The number of carbonyl (C=O) groups excluding carboxylic acids is 1. The maximum Gasteiger partial charge on any atom is 0.293 e. The van der Waals surface area contributed by atoms with Gasteiger partial charge in [0.15, 0.2) is 0 Å². The van der Waals surface area contributed by atoms with Crippen molar-refractivity contribution in [3.8, 4) is 0 Å². The summed E-state index contributed by atoms with van der Waals surface area (Å²) in [6, 6.07) is 7.64. The summed E-state index contributed by atoms with van der Waals surface area (Å²) in [6.07, 6.45) is 0. The lowest BCUT2D eigenvalue weighted by Crippen LogP contribution is -2.48. The van der Waals surface area contributed by atoms with Crippen LogP contribution >= 0.6 is 11.3 Å². The van der Waals surface area contributed by atoms with E-state index in [0.717, 1.165) is 6.07 Å². The predicted molar refractivity (Wildman–Crippen MR) is 116 cm³/mol. The number of sulfonamides is 1. The summed E-state index contributed by atoms with van der Waals surface area (Å²) in [4.78, 5) is 27.8. The monoisotopic (exact) mass is 452 g/mol. The first-order valence-electron chi connectivity index (χ1n) is 9.65. The largest absolute Gasteiger partial charge is 0.362 e. The zero-order valence-corrected chi connectivity index (χ0v) is 18.5. The molecule has 0 saturated carbocycles. The fourth-order valence-corrected chi connectivity index (χ4v) is 5.67. The molecule has 11 heteroatoms. The van der Waals surface area contributed by atoms with Gasteiger partial charge in [0.25, 0.3) is 11.6 Å². The Morgan fingerprint density at radius 3 is 2.37 bits per heavy atom. The van der Waals surface area contributed by atoms with Crippen LogP contribution in [0.3, 0.4) is 0 Å². The van der Waals surface area contributed by atoms with Crippen LogP contribution in [0.1, 0.15) is 23.5 Å². The highest BCUT2D eigenvalue weighted by molar-refractivity contribution is 7.89. The maximum absolute atomic E-state index is 12.7. The second kappa shape index (κ2) is 9.11. The summed E-state index contributed by atoms with van der Waals surface area (Å²) < 4.78 is 26.7. The molecule has 0 aliphatic carbocycles. The second-order valence-electron chi connectivity index (χ2n) is 6.75. The Morgan fingerprint density at radius 2 is 1.83 bits per heavy atom. The number of anilines is 1. The fourth-order valence-electron chi connectivity index (χ4n) is 3.50. The van der Waals surface area contributed by atoms with E-state index in [9.17, 15) is 23.3 Å². The Hall–Kier alpha value is -2.50. The first-order valence-corrected chi connectivity index (χ1v) is 12.0. The predicted octanol–water partition coefficient (Wildman–Crippen LogP) is 2.65. The number of amides is 1. The third-order valence-electron chi connectivity index (χ3n) is 5.13. The zero-order chi connectivity index (χ0) is 21.9. The van der Waals surface area contributed by atoms with Gasteiger partial charge in [-0.2, -0.15) is 4.31 Å². The van der Waals surface area contributed by atoms with Gasteiger partial charge in [0.1, 0.15) is 5.69 Å². The van der Waals surface area contributed by atoms with E-state index in [2.05, 4.69) is 0 Å². The summed E-state index contributed by atoms with van der Waals surface area (Å²) in [5.74, 6) is -0.0418. The third kappa shape index (κ3) is 4.32. The standard InChI is InChI=1S/C19H24N4O5S2/c1-3-22(4-2)30(27,28)15-7-8-16(17(14-15)23(25)26)20-9-11-21(12-10-20)19(24)18-6-5-13-29-18/h5-8,13-14H,3-4,9-12H2,1-2H3. The molecule has 1 aromatic carbocycles. The number of nitrogens with zero attached hydrogens (tertiary/aromatic N) is 4. The third-order valence-corrected chi connectivity index (χ3v) is 8.03. The normalized spacial score (nSPS) is 14.9. The molecule has 1 amide bonds. The number of rotatable bonds is 7. The van der Waals surface area contributed by atoms with Gasteiger partial charge in [0, 0.05) is 45.3 Å². The quantitative estimate of drug-likeness (QED) is 0.473. The van der Waals surface area contributed by atoms with Gasteiger partial charge in [-0.15, -0.1) is 11.3 Å². The Balaban J connectivity index is 1.82. The molecule has 0 spiro atoms. The molecule has 2 heterocycles. The summed E-state index contributed by atoms with van der Waals surface area (Å²) >= 11 is 1.38. The molecular formula is C19H24N4O5S2. The maximum atomic E-state index is 12.7. The number of carbonyl (C=O) groups is 1. The van der Waals surface area contributed by atoms with Crippen LogP contribution in [0.2, 0.25) is 0 Å². The number of hydrogen-bond donors (Lipinski definition) is 0. The fraction of sp³-hybridized carbons (Fsp3) is 0.421. The molecule has 1 fully saturated rings. The van der Waals surface area contributed by atoms with Gasteiger partial charge >= 0.3 is 0 Å². The number of benzene rings is 1. The molecule has 0 atom stereocenters. The topological polar surface area (TPSA) is 104 Å². The Labute approximate surface area is 179 Å². The molecule has 1 saturated heterocycles. The minimum absolute atomic E-state index is 0.0418. The van der Waals surface area contributed by atoms with Crippen molar-refractivity contribution in [3.05, 3.63) is 50.7 Å². The Kier molecular flexibility index (Phi) is 6.74. The van der Waals surface area contributed by atoms with Gasteiger partial charge in [0.05, 0.1) is 14.7 Å². The molecule has 1 aliphatic heterocycles. The minimum atomic E-state index is -3.79. The van der Waals surface area contributed by atoms with Crippen LogP contribution in [-0.2, 0) is 10.0 Å². The van der Waals surface area contributed by atoms with Crippen molar-refractivity contribution in [2.45, 2.75) is 18.7 Å². The molecule has 1 aromatic heterocycles. The average Bonchev–Trinajstić information content (AvgIpc) is 3.28. The number of nitro benzene ring substituents is 1. The van der Waals surface area contributed by atoms with Crippen LogP contribution in [-0.4, -0.2) is 67.7 Å². The first kappa shape index (κ1) is 22.2. The Morgan fingerprint density at radius 1 is 1.17 bits per heavy atom. The van der Waals surface area contributed by atoms with Crippen molar-refractivity contribution in [2.24, 2.45) is 0 Å². The summed E-state index contributed by atoms with van der Waals surface area (Å²) in [6.45, 7) is 5.76. The van der Waals surface area contributed by atoms with E-state index in [1.807, 2.05) is 16.3 Å². The molecule has 162 valence electrons. The number of piperazine rings is 1. The summed E-state index contributed by atoms with van der Waals surface area (Å²) in [7, 11) is -3.79. The molecule has 9 nitrogen and oxygen atoms in total. The zero-order valence-electron chi connectivity index (χ0n) is 16.9. The van der Waals surface area contributed by atoms with Crippen LogP contribution in [0.5, 0.6) is 0 Å². The van der Waals surface area contributed by atoms with Crippen molar-refractivity contribution in [1.29, 1.82) is 0 Å². The van der Waals surface area contributed by atoms with Gasteiger partial charge in [0.2, 0.25) is 10.0 Å². The number of thiophene rings is 1. The van der Waals surface area contributed by atoms with Crippen molar-refractivity contribution >= 4 is 38.6 Å². The van der Waals surface area contributed by atoms with E-state index >= 15 is 0 Å². The van der Waals surface area contributed by atoms with Gasteiger partial charge in [-0.3, -0.25) is 14.9 Å². The Bertz CT molecular complexity index is 1010. The van der Waals surface area contributed by atoms with Crippen molar-refractivity contribution in [2.75, 3.05) is 44.2 Å². The van der Waals surface area contributed by atoms with Gasteiger partial charge in [-0.05, 0) is 23.6 Å². The highest BCUT2D eigenvalue weighted by Gasteiger charge is 2.30. The van der Waals surface area contributed by atoms with Gasteiger partial charge < -0.3 is 9.80 Å². The molecule has 30 heavy (non-hydrogen) atoms. The van der Waals surface area contributed by atoms with Crippen molar-refractivity contribution < 1.29 is 18.1 Å². The van der Waals surface area contributed by atoms with Crippen LogP contribution in [0.15, 0.2) is 40.6 Å². The second-order valence-corrected chi connectivity index (χ2v) is 9.64. The molecule has 0 unspecified atom stereocenters. The highest BCUT2D eigenvalue weighted by atomic mass is 32.2. The molecule has 1 aliphatic rings. The van der Waals surface area contributed by atoms with E-state index in [-0.39, 0.29) is 29.6 Å². The van der Waals surface area contributed by atoms with Crippen molar-refractivity contribution in [3.63, 3.8) is 0 Å². The summed E-state index contributed by atoms with van der Waals surface area (Å²) in [5, 5.41) is 13.5. The van der Waals surface area contributed by atoms with Crippen LogP contribution < -0.4 is 4.90 Å². The molecule has 0 N–H and O–H groups in total. The molecule has 0 radical (unpaired) electrons. The highest BCUT2D eigenvalue weighted by Crippen LogP contribution is 2.32. The lowest BCUT2D eigenvalue weighted by Gasteiger charge is -2.35. The van der Waals surface area contributed by atoms with Crippen molar-refractivity contribution in [1.82, 2.24) is 9.21 Å². The molecule has 3 rings (SSSR count). The summed E-state index contributed by atoms with van der Waals surface area (Å²) in [5.41, 5.74) is 0.114. The number of nitro groups is 1. The van der Waals surface area contributed by atoms with E-state index in [1.54, 1.807) is 24.8 Å². The molecular weight excluding hydrogens is 428 g/mol.